The van der Waals surface area contributed by atoms with Crippen molar-refractivity contribution >= 4 is 21.7 Å². The van der Waals surface area contributed by atoms with Crippen LogP contribution in [0.25, 0.3) is 0 Å². The molecule has 7 heteroatoms. The molecule has 1 N–H and O–H groups in total. The van der Waals surface area contributed by atoms with E-state index >= 15 is 0 Å². The SMILES string of the molecule is CCNC(=NCCS(=O)(=O)N1CCc2ccccc21)N(C)Cc1ccccc1. The first-order valence-electron chi connectivity index (χ1n) is 9.63. The largest absolute Gasteiger partial charge is 0.357 e. The van der Waals surface area contributed by atoms with E-state index in [2.05, 4.69) is 22.4 Å². The first kappa shape index (κ1) is 20.2. The second-order valence-corrected chi connectivity index (χ2v) is 8.86. The molecule has 0 atom stereocenters. The van der Waals surface area contributed by atoms with E-state index in [1.54, 1.807) is 0 Å². The van der Waals surface area contributed by atoms with E-state index in [-0.39, 0.29) is 12.3 Å². The quantitative estimate of drug-likeness (QED) is 0.573. The Morgan fingerprint density at radius 3 is 2.61 bits per heavy atom. The molecule has 0 saturated carbocycles. The molecular formula is C21H28N4O2S. The molecule has 0 fully saturated rings. The number of sulfonamides is 1. The van der Waals surface area contributed by atoms with Crippen molar-refractivity contribution in [3.8, 4) is 0 Å². The molecule has 6 nitrogen and oxygen atoms in total. The summed E-state index contributed by atoms with van der Waals surface area (Å²) in [6.45, 7) is 4.18. The van der Waals surface area contributed by atoms with Crippen molar-refractivity contribution in [1.82, 2.24) is 10.2 Å². The number of para-hydroxylation sites is 1. The highest BCUT2D eigenvalue weighted by Crippen LogP contribution is 2.29. The molecule has 28 heavy (non-hydrogen) atoms. The number of benzene rings is 2. The molecule has 0 spiro atoms. The maximum absolute atomic E-state index is 12.8. The molecule has 0 unspecified atom stereocenters. The molecule has 0 saturated heterocycles. The fourth-order valence-corrected chi connectivity index (χ4v) is 4.77. The van der Waals surface area contributed by atoms with Gasteiger partial charge in [0.25, 0.3) is 0 Å². The van der Waals surface area contributed by atoms with Crippen LogP contribution in [0.5, 0.6) is 0 Å². The maximum atomic E-state index is 12.8. The van der Waals surface area contributed by atoms with Gasteiger partial charge < -0.3 is 10.2 Å². The van der Waals surface area contributed by atoms with Gasteiger partial charge in [0.15, 0.2) is 5.96 Å². The number of nitrogens with one attached hydrogen (secondary N) is 1. The van der Waals surface area contributed by atoms with Gasteiger partial charge in [-0.3, -0.25) is 9.30 Å². The Bertz CT molecular complexity index is 913. The van der Waals surface area contributed by atoms with Gasteiger partial charge in [-0.1, -0.05) is 48.5 Å². The summed E-state index contributed by atoms with van der Waals surface area (Å²) >= 11 is 0. The average Bonchev–Trinajstić information content (AvgIpc) is 3.13. The summed E-state index contributed by atoms with van der Waals surface area (Å²) < 4.78 is 27.2. The molecule has 150 valence electrons. The summed E-state index contributed by atoms with van der Waals surface area (Å²) in [6.07, 6.45) is 0.765. The lowest BCUT2D eigenvalue weighted by atomic mass is 10.2. The van der Waals surface area contributed by atoms with E-state index in [1.165, 1.54) is 9.87 Å². The summed E-state index contributed by atoms with van der Waals surface area (Å²) in [5.41, 5.74) is 3.07. The van der Waals surface area contributed by atoms with Gasteiger partial charge in [0.2, 0.25) is 10.0 Å². The first-order valence-corrected chi connectivity index (χ1v) is 11.2. The van der Waals surface area contributed by atoms with E-state index in [1.807, 2.05) is 61.3 Å². The molecule has 0 aliphatic carbocycles. The van der Waals surface area contributed by atoms with Crippen LogP contribution in [-0.4, -0.2) is 51.7 Å². The molecule has 1 aliphatic heterocycles. The van der Waals surface area contributed by atoms with E-state index < -0.39 is 10.0 Å². The van der Waals surface area contributed by atoms with Crippen LogP contribution in [-0.2, 0) is 23.0 Å². The second-order valence-electron chi connectivity index (χ2n) is 6.84. The molecular weight excluding hydrogens is 372 g/mol. The normalized spacial score (nSPS) is 14.1. The van der Waals surface area contributed by atoms with Crippen LogP contribution >= 0.6 is 0 Å². The van der Waals surface area contributed by atoms with Crippen LogP contribution in [0.1, 0.15) is 18.1 Å². The number of aliphatic imine (C=N–C) groups is 1. The fraction of sp³-hybridized carbons (Fsp3) is 0.381. The number of fused-ring (bicyclic) bond motifs is 1. The van der Waals surface area contributed by atoms with Crippen molar-refractivity contribution in [3.05, 3.63) is 65.7 Å². The molecule has 3 rings (SSSR count). The Morgan fingerprint density at radius 2 is 1.86 bits per heavy atom. The zero-order chi connectivity index (χ0) is 20.0. The minimum atomic E-state index is -3.39. The summed E-state index contributed by atoms with van der Waals surface area (Å²) in [7, 11) is -1.43. The second kappa shape index (κ2) is 9.10. The Kier molecular flexibility index (Phi) is 6.57. The van der Waals surface area contributed by atoms with Crippen LogP contribution in [0.4, 0.5) is 5.69 Å². The summed E-state index contributed by atoms with van der Waals surface area (Å²) in [5, 5.41) is 3.24. The third-order valence-corrected chi connectivity index (χ3v) is 6.50. The average molecular weight is 401 g/mol. The van der Waals surface area contributed by atoms with Gasteiger partial charge >= 0.3 is 0 Å². The van der Waals surface area contributed by atoms with Crippen LogP contribution < -0.4 is 9.62 Å². The van der Waals surface area contributed by atoms with Gasteiger partial charge in [0.1, 0.15) is 0 Å². The van der Waals surface area contributed by atoms with Crippen molar-refractivity contribution in [2.45, 2.75) is 19.9 Å². The molecule has 0 radical (unpaired) electrons. The molecule has 2 aromatic rings. The summed E-state index contributed by atoms with van der Waals surface area (Å²) in [4.78, 5) is 6.56. The van der Waals surface area contributed by atoms with Gasteiger partial charge in [0, 0.05) is 26.7 Å². The number of guanidine groups is 1. The highest BCUT2D eigenvalue weighted by Gasteiger charge is 2.28. The Morgan fingerprint density at radius 1 is 1.14 bits per heavy atom. The number of rotatable bonds is 7. The van der Waals surface area contributed by atoms with Gasteiger partial charge in [-0.25, -0.2) is 8.42 Å². The first-order chi connectivity index (χ1) is 13.5. The number of hydrogen-bond donors (Lipinski definition) is 1. The van der Waals surface area contributed by atoms with Crippen LogP contribution in [0.2, 0.25) is 0 Å². The predicted octanol–water partition coefficient (Wildman–Crippen LogP) is 2.48. The predicted molar refractivity (Wildman–Crippen MR) is 115 cm³/mol. The molecule has 0 amide bonds. The molecule has 2 aromatic carbocycles. The summed E-state index contributed by atoms with van der Waals surface area (Å²) in [6, 6.07) is 17.8. The van der Waals surface area contributed by atoms with Crippen molar-refractivity contribution in [2.24, 2.45) is 4.99 Å². The highest BCUT2D eigenvalue weighted by atomic mass is 32.2. The zero-order valence-electron chi connectivity index (χ0n) is 16.5. The number of nitrogens with zero attached hydrogens (tertiary/aromatic N) is 3. The Labute approximate surface area is 167 Å². The van der Waals surface area contributed by atoms with Gasteiger partial charge in [-0.15, -0.1) is 0 Å². The highest BCUT2D eigenvalue weighted by molar-refractivity contribution is 7.92. The molecule has 1 heterocycles. The van der Waals surface area contributed by atoms with E-state index in [0.717, 1.165) is 24.2 Å². The Hall–Kier alpha value is -2.54. The number of anilines is 1. The van der Waals surface area contributed by atoms with Crippen molar-refractivity contribution in [1.29, 1.82) is 0 Å². The summed E-state index contributed by atoms with van der Waals surface area (Å²) in [5.74, 6) is 0.707. The van der Waals surface area contributed by atoms with E-state index in [9.17, 15) is 8.42 Å². The van der Waals surface area contributed by atoms with Crippen LogP contribution in [0, 0.1) is 0 Å². The zero-order valence-corrected chi connectivity index (χ0v) is 17.3. The van der Waals surface area contributed by atoms with Crippen LogP contribution in [0.15, 0.2) is 59.6 Å². The fourth-order valence-electron chi connectivity index (χ4n) is 3.38. The third-order valence-electron chi connectivity index (χ3n) is 4.75. The van der Waals surface area contributed by atoms with Crippen molar-refractivity contribution in [3.63, 3.8) is 0 Å². The molecule has 1 aliphatic rings. The maximum Gasteiger partial charge on any atom is 0.237 e. The number of hydrogen-bond acceptors (Lipinski definition) is 3. The van der Waals surface area contributed by atoms with E-state index in [4.69, 9.17) is 0 Å². The lowest BCUT2D eigenvalue weighted by molar-refractivity contribution is 0.477. The minimum Gasteiger partial charge on any atom is -0.357 e. The van der Waals surface area contributed by atoms with Gasteiger partial charge in [0.05, 0.1) is 18.0 Å². The van der Waals surface area contributed by atoms with Crippen molar-refractivity contribution in [2.75, 3.05) is 36.7 Å². The van der Waals surface area contributed by atoms with Crippen molar-refractivity contribution < 1.29 is 8.42 Å². The topological polar surface area (TPSA) is 65.0 Å². The monoisotopic (exact) mass is 400 g/mol. The Balaban J connectivity index is 1.65. The standard InChI is InChI=1S/C21H28N4O2S/c1-3-22-21(24(2)17-18-9-5-4-6-10-18)23-14-16-28(26,27)25-15-13-19-11-7-8-12-20(19)25/h4-12H,3,13-17H2,1-2H3,(H,22,23). The van der Waals surface area contributed by atoms with Gasteiger partial charge in [-0.2, -0.15) is 0 Å². The van der Waals surface area contributed by atoms with Crippen LogP contribution in [0.3, 0.4) is 0 Å². The molecule has 0 bridgehead atoms. The molecule has 0 aromatic heterocycles. The lowest BCUT2D eigenvalue weighted by Gasteiger charge is -2.23. The third kappa shape index (κ3) is 4.84. The lowest BCUT2D eigenvalue weighted by Crippen LogP contribution is -2.39. The smallest absolute Gasteiger partial charge is 0.237 e. The van der Waals surface area contributed by atoms with Gasteiger partial charge in [-0.05, 0) is 30.5 Å². The van der Waals surface area contributed by atoms with E-state index in [0.29, 0.717) is 19.0 Å². The minimum absolute atomic E-state index is 0.00456.